The molecule has 0 aromatic heterocycles. The molecule has 0 aliphatic rings. The Bertz CT molecular complexity index is 1690. The second-order valence-corrected chi connectivity index (χ2v) is 12.0. The molecular weight excluding hydrogens is 597 g/mol. The van der Waals surface area contributed by atoms with Gasteiger partial charge in [-0.25, -0.2) is 12.8 Å². The van der Waals surface area contributed by atoms with Gasteiger partial charge in [0.25, 0.3) is 10.0 Å². The molecule has 9 nitrogen and oxygen atoms in total. The fourth-order valence-electron chi connectivity index (χ4n) is 4.86. The number of hydrogen-bond donors (Lipinski definition) is 1. The van der Waals surface area contributed by atoms with E-state index in [0.29, 0.717) is 17.9 Å². The summed E-state index contributed by atoms with van der Waals surface area (Å²) in [5, 5.41) is 2.81. The van der Waals surface area contributed by atoms with Gasteiger partial charge >= 0.3 is 0 Å². The zero-order valence-corrected chi connectivity index (χ0v) is 26.2. The Morgan fingerprint density at radius 3 is 2.04 bits per heavy atom. The minimum atomic E-state index is -4.28. The summed E-state index contributed by atoms with van der Waals surface area (Å²) in [5.74, 6) is -0.846. The molecule has 1 N–H and O–H groups in total. The number of halogens is 1. The van der Waals surface area contributed by atoms with Crippen molar-refractivity contribution in [2.75, 3.05) is 31.6 Å². The predicted molar refractivity (Wildman–Crippen MR) is 170 cm³/mol. The average molecular weight is 634 g/mol. The zero-order chi connectivity index (χ0) is 32.4. The van der Waals surface area contributed by atoms with E-state index in [1.54, 1.807) is 31.2 Å². The normalized spacial score (nSPS) is 11.7. The van der Waals surface area contributed by atoms with Crippen molar-refractivity contribution in [1.29, 1.82) is 0 Å². The minimum absolute atomic E-state index is 0.0257. The van der Waals surface area contributed by atoms with Gasteiger partial charge in [-0.3, -0.25) is 13.9 Å². The molecule has 1 atom stereocenters. The maximum Gasteiger partial charge on any atom is 0.264 e. The van der Waals surface area contributed by atoms with E-state index in [0.717, 1.165) is 9.87 Å². The third kappa shape index (κ3) is 8.18. The second-order valence-electron chi connectivity index (χ2n) is 10.1. The number of carbonyl (C=O) groups excluding carboxylic acids is 2. The van der Waals surface area contributed by atoms with E-state index in [4.69, 9.17) is 9.47 Å². The molecule has 0 aliphatic heterocycles. The third-order valence-electron chi connectivity index (χ3n) is 7.15. The van der Waals surface area contributed by atoms with Crippen molar-refractivity contribution < 1.29 is 31.9 Å². The molecule has 0 heterocycles. The summed E-state index contributed by atoms with van der Waals surface area (Å²) in [5.41, 5.74) is 1.53. The number of methoxy groups -OCH3 is 2. The van der Waals surface area contributed by atoms with Gasteiger partial charge in [-0.05, 0) is 54.4 Å². The number of anilines is 1. The van der Waals surface area contributed by atoms with Crippen molar-refractivity contribution >= 4 is 27.5 Å². The van der Waals surface area contributed by atoms with Crippen molar-refractivity contribution in [3.63, 3.8) is 0 Å². The van der Waals surface area contributed by atoms with E-state index in [-0.39, 0.29) is 29.3 Å². The van der Waals surface area contributed by atoms with E-state index >= 15 is 0 Å². The van der Waals surface area contributed by atoms with Crippen LogP contribution in [-0.4, -0.2) is 58.5 Å². The lowest BCUT2D eigenvalue weighted by molar-refractivity contribution is -0.140. The number of hydrogen-bond acceptors (Lipinski definition) is 6. The summed E-state index contributed by atoms with van der Waals surface area (Å²) in [6, 6.07) is 26.1. The highest BCUT2D eigenvalue weighted by Gasteiger charge is 2.34. The molecule has 2 amide bonds. The van der Waals surface area contributed by atoms with Gasteiger partial charge in [-0.1, -0.05) is 60.7 Å². The molecule has 4 aromatic carbocycles. The summed E-state index contributed by atoms with van der Waals surface area (Å²) in [6.07, 6.45) is 0.168. The molecule has 0 radical (unpaired) electrons. The van der Waals surface area contributed by atoms with Gasteiger partial charge in [0, 0.05) is 25.6 Å². The summed E-state index contributed by atoms with van der Waals surface area (Å²) in [6.45, 7) is 1.38. The van der Waals surface area contributed by atoms with Crippen LogP contribution in [0, 0.1) is 5.82 Å². The predicted octanol–water partition coefficient (Wildman–Crippen LogP) is 4.81. The van der Waals surface area contributed by atoms with Crippen molar-refractivity contribution in [1.82, 2.24) is 10.2 Å². The second kappa shape index (κ2) is 15.2. The quantitative estimate of drug-likeness (QED) is 0.214. The highest BCUT2D eigenvalue weighted by atomic mass is 32.2. The maximum atomic E-state index is 14.4. The average Bonchev–Trinajstić information content (AvgIpc) is 3.06. The Morgan fingerprint density at radius 1 is 0.822 bits per heavy atom. The zero-order valence-electron chi connectivity index (χ0n) is 25.4. The Labute approximate surface area is 263 Å². The van der Waals surface area contributed by atoms with Crippen LogP contribution in [0.25, 0.3) is 0 Å². The van der Waals surface area contributed by atoms with Crippen LogP contribution in [0.15, 0.2) is 108 Å². The first-order valence-corrected chi connectivity index (χ1v) is 15.8. The minimum Gasteiger partial charge on any atom is -0.493 e. The van der Waals surface area contributed by atoms with Gasteiger partial charge in [0.15, 0.2) is 11.5 Å². The van der Waals surface area contributed by atoms with Crippen LogP contribution in [0.4, 0.5) is 10.1 Å². The molecule has 4 rings (SSSR count). The summed E-state index contributed by atoms with van der Waals surface area (Å²) in [7, 11) is -1.40. The SMILES string of the molecule is CCNC(=O)[C@@H](Cc1ccccc1)N(Cc1ccc(F)cc1)C(=O)CN(c1ccc(OC)c(OC)c1)S(=O)(=O)c1ccccc1. The summed E-state index contributed by atoms with van der Waals surface area (Å²) >= 11 is 0. The lowest BCUT2D eigenvalue weighted by atomic mass is 10.0. The molecule has 11 heteroatoms. The Morgan fingerprint density at radius 2 is 1.44 bits per heavy atom. The topological polar surface area (TPSA) is 105 Å². The smallest absolute Gasteiger partial charge is 0.264 e. The number of amides is 2. The lowest BCUT2D eigenvalue weighted by Crippen LogP contribution is -2.53. The number of likely N-dealkylation sites (N-methyl/N-ethyl adjacent to an activating group) is 1. The highest BCUT2D eigenvalue weighted by molar-refractivity contribution is 7.92. The number of benzene rings is 4. The fourth-order valence-corrected chi connectivity index (χ4v) is 6.29. The maximum absolute atomic E-state index is 14.4. The van der Waals surface area contributed by atoms with E-state index in [2.05, 4.69) is 5.32 Å². The van der Waals surface area contributed by atoms with Crippen LogP contribution < -0.4 is 19.1 Å². The molecule has 45 heavy (non-hydrogen) atoms. The van der Waals surface area contributed by atoms with E-state index in [9.17, 15) is 22.4 Å². The largest absolute Gasteiger partial charge is 0.493 e. The molecule has 0 aliphatic carbocycles. The van der Waals surface area contributed by atoms with Crippen molar-refractivity contribution in [2.24, 2.45) is 0 Å². The number of nitrogens with zero attached hydrogens (tertiary/aromatic N) is 2. The third-order valence-corrected chi connectivity index (χ3v) is 8.94. The monoisotopic (exact) mass is 633 g/mol. The summed E-state index contributed by atoms with van der Waals surface area (Å²) in [4.78, 5) is 29.3. The fraction of sp³-hybridized carbons (Fsp3) is 0.235. The number of ether oxygens (including phenoxy) is 2. The van der Waals surface area contributed by atoms with Crippen LogP contribution >= 0.6 is 0 Å². The van der Waals surface area contributed by atoms with Gasteiger partial charge in [-0.15, -0.1) is 0 Å². The van der Waals surface area contributed by atoms with Crippen molar-refractivity contribution in [2.45, 2.75) is 30.8 Å². The van der Waals surface area contributed by atoms with Gasteiger partial charge in [0.05, 0.1) is 24.8 Å². The number of carbonyl (C=O) groups is 2. The van der Waals surface area contributed by atoms with E-state index in [1.165, 1.54) is 67.7 Å². The Hall–Kier alpha value is -4.90. The molecule has 236 valence electrons. The van der Waals surface area contributed by atoms with E-state index in [1.807, 2.05) is 30.3 Å². The van der Waals surface area contributed by atoms with Crippen LogP contribution in [0.1, 0.15) is 18.1 Å². The Balaban J connectivity index is 1.82. The number of rotatable bonds is 14. The highest BCUT2D eigenvalue weighted by Crippen LogP contribution is 2.34. The molecule has 0 bridgehead atoms. The molecule has 0 saturated carbocycles. The van der Waals surface area contributed by atoms with Gasteiger partial charge < -0.3 is 19.7 Å². The van der Waals surface area contributed by atoms with Crippen LogP contribution in [0.5, 0.6) is 11.5 Å². The van der Waals surface area contributed by atoms with Gasteiger partial charge in [-0.2, -0.15) is 0 Å². The lowest BCUT2D eigenvalue weighted by Gasteiger charge is -2.34. The molecule has 0 spiro atoms. The number of nitrogens with one attached hydrogen (secondary N) is 1. The first kappa shape index (κ1) is 33.0. The first-order chi connectivity index (χ1) is 21.7. The molecular formula is C34H36FN3O6S. The first-order valence-electron chi connectivity index (χ1n) is 14.3. The summed E-state index contributed by atoms with van der Waals surface area (Å²) < 4.78 is 53.7. The molecule has 0 saturated heterocycles. The van der Waals surface area contributed by atoms with Crippen LogP contribution in [0.2, 0.25) is 0 Å². The molecule has 0 unspecified atom stereocenters. The molecule has 4 aromatic rings. The molecule has 0 fully saturated rings. The standard InChI is InChI=1S/C34H36FN3O6S/c1-4-36-34(40)30(21-25-11-7-5-8-12-25)37(23-26-15-17-27(35)18-16-26)33(39)24-38(45(41,42)29-13-9-6-10-14-29)28-19-20-31(43-2)32(22-28)44-3/h5-20,22,30H,4,21,23-24H2,1-3H3,(H,36,40)/t30-/m1/s1. The number of sulfonamides is 1. The van der Waals surface area contributed by atoms with Gasteiger partial charge in [0.2, 0.25) is 11.8 Å². The van der Waals surface area contributed by atoms with Crippen molar-refractivity contribution in [3.8, 4) is 11.5 Å². The van der Waals surface area contributed by atoms with Crippen LogP contribution in [-0.2, 0) is 32.6 Å². The van der Waals surface area contributed by atoms with Gasteiger partial charge in [0.1, 0.15) is 18.4 Å². The van der Waals surface area contributed by atoms with Crippen molar-refractivity contribution in [3.05, 3.63) is 120 Å². The van der Waals surface area contributed by atoms with E-state index < -0.39 is 40.2 Å². The van der Waals surface area contributed by atoms with Crippen LogP contribution in [0.3, 0.4) is 0 Å². The Kier molecular flexibility index (Phi) is 11.2.